The minimum absolute atomic E-state index is 0. The van der Waals surface area contributed by atoms with Gasteiger partial charge >= 0.3 is 65.1 Å². The number of aliphatic hydroxyl groups excluding tert-OH is 1. The molecular weight excluding hydrogens is 285 g/mol. The first kappa shape index (κ1) is 20.9. The molecule has 0 aromatic heterocycles. The fraction of sp³-hybridized carbons (Fsp3) is 0.125. The van der Waals surface area contributed by atoms with E-state index in [2.05, 4.69) is 0 Å². The fourth-order valence-corrected chi connectivity index (χ4v) is 1.61. The smallest absolute Gasteiger partial charge is 0.872 e. The molecule has 0 fully saturated rings. The second kappa shape index (κ2) is 8.01. The number of hydrogen-bond acceptors (Lipinski definition) is 5. The number of aliphatic hydroxyl groups is 1. The van der Waals surface area contributed by atoms with Gasteiger partial charge in [-0.25, -0.2) is 4.79 Å². The Hall–Kier alpha value is 0.600. The van der Waals surface area contributed by atoms with Crippen molar-refractivity contribution in [2.75, 3.05) is 0 Å². The molecule has 2 unspecified atom stereocenters. The van der Waals surface area contributed by atoms with Crippen molar-refractivity contribution < 1.29 is 93.6 Å². The van der Waals surface area contributed by atoms with Gasteiger partial charge in [0.1, 0.15) is 5.85 Å². The van der Waals surface area contributed by atoms with Crippen LogP contribution >= 0.6 is 7.60 Å². The van der Waals surface area contributed by atoms with Crippen molar-refractivity contribution in [1.82, 2.24) is 0 Å². The molecule has 10 heteroatoms. The maximum absolute atomic E-state index is 11.0. The molecule has 1 rings (SSSR count). The number of aromatic carboxylic acids is 1. The zero-order chi connectivity index (χ0) is 12.5. The molecule has 18 heavy (non-hydrogen) atoms. The van der Waals surface area contributed by atoms with E-state index in [1.807, 2.05) is 0 Å². The minimum Gasteiger partial charge on any atom is -0.872 e. The summed E-state index contributed by atoms with van der Waals surface area (Å²) in [7, 11) is -5.07. The minimum atomic E-state index is -5.07. The van der Waals surface area contributed by atoms with Crippen LogP contribution in [0.1, 0.15) is 21.8 Å². The summed E-state index contributed by atoms with van der Waals surface area (Å²) in [5.41, 5.74) is -0.944. The van der Waals surface area contributed by atoms with Gasteiger partial charge in [0.25, 0.3) is 0 Å². The van der Waals surface area contributed by atoms with E-state index >= 15 is 0 Å². The molecule has 7 nitrogen and oxygen atoms in total. The van der Waals surface area contributed by atoms with E-state index in [-0.39, 0.29) is 59.1 Å². The molecule has 0 spiro atoms. The fourth-order valence-electron chi connectivity index (χ4n) is 1.08. The Morgan fingerprint density at radius 2 is 1.78 bits per heavy atom. The molecule has 2 atom stereocenters. The Labute approximate surface area is 147 Å². The summed E-state index contributed by atoms with van der Waals surface area (Å²) in [4.78, 5) is 29.7. The van der Waals surface area contributed by atoms with Crippen molar-refractivity contribution in [1.29, 1.82) is 0 Å². The van der Waals surface area contributed by atoms with Crippen LogP contribution in [0, 0.1) is 0 Å². The quantitative estimate of drug-likeness (QED) is 0.371. The standard InChI is InChI=1S/C8H9O7P.2Na/c9-6-2-4(7(10)11)1-5(3-6)8(12)16(13,14)15;;/h1-3,8-9,12H,(H,10,11)(H2,13,14,15);;/q;2*+1/p-2. The Morgan fingerprint density at radius 3 is 2.17 bits per heavy atom. The van der Waals surface area contributed by atoms with Crippen LogP contribution in [-0.4, -0.2) is 21.1 Å². The molecule has 0 bridgehead atoms. The normalized spacial score (nSPS) is 14.6. The molecule has 0 aliphatic rings. The second-order valence-corrected chi connectivity index (χ2v) is 4.65. The third-order valence-electron chi connectivity index (χ3n) is 1.78. The number of benzene rings is 1. The number of carboxylic acid groups (broad SMARTS) is 1. The molecule has 1 aromatic carbocycles. The van der Waals surface area contributed by atoms with Gasteiger partial charge in [-0.3, -0.25) is 0 Å². The van der Waals surface area contributed by atoms with Gasteiger partial charge in [0.15, 0.2) is 7.60 Å². The first-order valence-corrected chi connectivity index (χ1v) is 5.63. The van der Waals surface area contributed by atoms with E-state index in [0.717, 1.165) is 18.2 Å². The van der Waals surface area contributed by atoms with Gasteiger partial charge in [-0.15, -0.1) is 5.75 Å². The van der Waals surface area contributed by atoms with E-state index in [4.69, 9.17) is 15.1 Å². The summed E-state index contributed by atoms with van der Waals surface area (Å²) < 4.78 is 10.6. The summed E-state index contributed by atoms with van der Waals surface area (Å²) in [6.45, 7) is 0. The van der Waals surface area contributed by atoms with Gasteiger partial charge in [0.2, 0.25) is 0 Å². The van der Waals surface area contributed by atoms with E-state index in [1.165, 1.54) is 0 Å². The maximum Gasteiger partial charge on any atom is 1.00 e. The van der Waals surface area contributed by atoms with E-state index < -0.39 is 36.3 Å². The van der Waals surface area contributed by atoms with Crippen LogP contribution in [0.5, 0.6) is 5.75 Å². The third kappa shape index (κ3) is 5.71. The molecule has 0 amide bonds. The van der Waals surface area contributed by atoms with Gasteiger partial charge in [-0.05, 0) is 11.6 Å². The largest absolute Gasteiger partial charge is 1.00 e. The monoisotopic (exact) mass is 292 g/mol. The molecule has 88 valence electrons. The van der Waals surface area contributed by atoms with Crippen molar-refractivity contribution in [2.45, 2.75) is 5.85 Å². The number of carbonyl (C=O) groups is 1. The molecule has 0 aliphatic heterocycles. The molecule has 0 saturated heterocycles. The van der Waals surface area contributed by atoms with Gasteiger partial charge in [0.05, 0.1) is 5.56 Å². The predicted octanol–water partition coefficient (Wildman–Crippen LogP) is -7.00. The van der Waals surface area contributed by atoms with Gasteiger partial charge < -0.3 is 29.7 Å². The van der Waals surface area contributed by atoms with Crippen LogP contribution < -0.4 is 69.1 Å². The van der Waals surface area contributed by atoms with Crippen LogP contribution in [0.3, 0.4) is 0 Å². The topological polar surface area (TPSA) is 141 Å². The van der Waals surface area contributed by atoms with Crippen LogP contribution in [0.2, 0.25) is 0 Å². The summed E-state index contributed by atoms with van der Waals surface area (Å²) in [6, 6.07) is 2.30. The first-order chi connectivity index (χ1) is 7.21. The second-order valence-electron chi connectivity index (χ2n) is 3.03. The molecule has 0 heterocycles. The number of hydrogen-bond donors (Lipinski definition) is 3. The van der Waals surface area contributed by atoms with Crippen molar-refractivity contribution >= 4 is 13.6 Å². The average Bonchev–Trinajstić information content (AvgIpc) is 2.14. The summed E-state index contributed by atoms with van der Waals surface area (Å²) >= 11 is 0. The zero-order valence-corrected chi connectivity index (χ0v) is 14.6. The van der Waals surface area contributed by atoms with Crippen molar-refractivity contribution in [3.8, 4) is 5.75 Å². The van der Waals surface area contributed by atoms with E-state index in [0.29, 0.717) is 0 Å². The Bertz CT molecular complexity index is 473. The first-order valence-electron chi connectivity index (χ1n) is 3.98. The molecule has 3 N–H and O–H groups in total. The van der Waals surface area contributed by atoms with Crippen LogP contribution in [0.25, 0.3) is 0 Å². The summed E-state index contributed by atoms with van der Waals surface area (Å²) in [5.74, 6) is -4.52. The molecule has 0 aliphatic carbocycles. The third-order valence-corrected chi connectivity index (χ3v) is 2.70. The van der Waals surface area contributed by atoms with Crippen LogP contribution in [0.15, 0.2) is 18.2 Å². The van der Waals surface area contributed by atoms with Gasteiger partial charge in [-0.1, -0.05) is 12.1 Å². The van der Waals surface area contributed by atoms with Crippen molar-refractivity contribution in [2.24, 2.45) is 0 Å². The molecule has 1 aromatic rings. The molecule has 0 radical (unpaired) electrons. The molecule has 0 saturated carbocycles. The van der Waals surface area contributed by atoms with Crippen molar-refractivity contribution in [3.05, 3.63) is 29.3 Å². The van der Waals surface area contributed by atoms with Crippen LogP contribution in [-0.2, 0) is 4.57 Å². The summed E-state index contributed by atoms with van der Waals surface area (Å²) in [6.07, 6.45) is 0. The van der Waals surface area contributed by atoms with Crippen LogP contribution in [0.4, 0.5) is 0 Å². The van der Waals surface area contributed by atoms with E-state index in [1.54, 1.807) is 0 Å². The molecular formula is C8H7Na2O7P. The van der Waals surface area contributed by atoms with Crippen molar-refractivity contribution in [3.63, 3.8) is 0 Å². The zero-order valence-electron chi connectivity index (χ0n) is 9.73. The Balaban J connectivity index is 0. The Kier molecular flexibility index (Phi) is 9.31. The number of rotatable bonds is 3. The average molecular weight is 292 g/mol. The van der Waals surface area contributed by atoms with Gasteiger partial charge in [0, 0.05) is 0 Å². The maximum atomic E-state index is 11.0. The van der Waals surface area contributed by atoms with E-state index in [9.17, 15) is 19.4 Å². The SMILES string of the molecule is O=C(O)c1cc([O-])cc(C(O)P(=O)([O-])O)c1.[Na+].[Na+]. The Morgan fingerprint density at radius 1 is 1.28 bits per heavy atom. The predicted molar refractivity (Wildman–Crippen MR) is 47.6 cm³/mol. The number of carboxylic acids is 1. The summed E-state index contributed by atoms with van der Waals surface area (Å²) in [5, 5.41) is 28.7. The van der Waals surface area contributed by atoms with Gasteiger partial charge in [-0.2, -0.15) is 0 Å².